The van der Waals surface area contributed by atoms with Crippen molar-refractivity contribution in [2.75, 3.05) is 13.7 Å². The van der Waals surface area contributed by atoms with Crippen molar-refractivity contribution in [1.82, 2.24) is 25.4 Å². The number of carbonyl (C=O) groups is 2. The SMILES string of the molecule is COc1ccc(C(=O)N2CCc3c(C(=O)NC4CCC4)n[nH]c3C2)cn1. The zero-order chi connectivity index (χ0) is 18.1. The third-order valence-corrected chi connectivity index (χ3v) is 5.07. The number of amides is 2. The number of nitrogens with zero attached hydrogens (tertiary/aromatic N) is 3. The van der Waals surface area contributed by atoms with Crippen LogP contribution in [0.3, 0.4) is 0 Å². The van der Waals surface area contributed by atoms with Crippen LogP contribution in [0.5, 0.6) is 5.88 Å². The number of aromatic amines is 1. The first kappa shape index (κ1) is 16.6. The molecule has 1 aliphatic heterocycles. The van der Waals surface area contributed by atoms with Gasteiger partial charge in [-0.3, -0.25) is 14.7 Å². The van der Waals surface area contributed by atoms with Crippen LogP contribution in [0.2, 0.25) is 0 Å². The molecule has 26 heavy (non-hydrogen) atoms. The largest absolute Gasteiger partial charge is 0.481 e. The van der Waals surface area contributed by atoms with Gasteiger partial charge in [0.2, 0.25) is 5.88 Å². The van der Waals surface area contributed by atoms with Gasteiger partial charge in [-0.25, -0.2) is 4.98 Å². The number of fused-ring (bicyclic) bond motifs is 1. The van der Waals surface area contributed by atoms with E-state index in [4.69, 9.17) is 4.74 Å². The number of ether oxygens (including phenoxy) is 1. The van der Waals surface area contributed by atoms with Gasteiger partial charge in [0.1, 0.15) is 0 Å². The molecule has 0 atom stereocenters. The number of aromatic nitrogens is 3. The molecule has 0 aromatic carbocycles. The van der Waals surface area contributed by atoms with Gasteiger partial charge in [-0.15, -0.1) is 0 Å². The Balaban J connectivity index is 1.46. The fourth-order valence-corrected chi connectivity index (χ4v) is 3.30. The Morgan fingerprint density at radius 1 is 1.35 bits per heavy atom. The summed E-state index contributed by atoms with van der Waals surface area (Å²) in [5, 5.41) is 10.1. The Labute approximate surface area is 150 Å². The first-order chi connectivity index (χ1) is 12.7. The topological polar surface area (TPSA) is 100 Å². The van der Waals surface area contributed by atoms with Gasteiger partial charge in [0.15, 0.2) is 5.69 Å². The van der Waals surface area contributed by atoms with E-state index in [0.29, 0.717) is 36.6 Å². The first-order valence-corrected chi connectivity index (χ1v) is 8.82. The number of pyridine rings is 1. The summed E-state index contributed by atoms with van der Waals surface area (Å²) < 4.78 is 5.02. The summed E-state index contributed by atoms with van der Waals surface area (Å²) in [6, 6.07) is 3.65. The van der Waals surface area contributed by atoms with Crippen LogP contribution in [-0.4, -0.2) is 51.6 Å². The zero-order valence-corrected chi connectivity index (χ0v) is 14.6. The fourth-order valence-electron chi connectivity index (χ4n) is 3.30. The van der Waals surface area contributed by atoms with Gasteiger partial charge in [-0.2, -0.15) is 5.10 Å². The number of methoxy groups -OCH3 is 1. The molecule has 1 aliphatic carbocycles. The smallest absolute Gasteiger partial charge is 0.272 e. The Hall–Kier alpha value is -2.90. The van der Waals surface area contributed by atoms with E-state index >= 15 is 0 Å². The Morgan fingerprint density at radius 3 is 2.85 bits per heavy atom. The second kappa shape index (κ2) is 6.78. The maximum absolute atomic E-state index is 12.7. The summed E-state index contributed by atoms with van der Waals surface area (Å²) in [7, 11) is 1.53. The molecule has 1 fully saturated rings. The lowest BCUT2D eigenvalue weighted by Crippen LogP contribution is -2.40. The van der Waals surface area contributed by atoms with Crippen LogP contribution in [0.4, 0.5) is 0 Å². The molecular weight excluding hydrogens is 334 g/mol. The monoisotopic (exact) mass is 355 g/mol. The van der Waals surface area contributed by atoms with E-state index in [2.05, 4.69) is 20.5 Å². The van der Waals surface area contributed by atoms with Crippen LogP contribution in [0.1, 0.15) is 51.4 Å². The highest BCUT2D eigenvalue weighted by atomic mass is 16.5. The lowest BCUT2D eigenvalue weighted by Gasteiger charge is -2.28. The molecule has 3 heterocycles. The summed E-state index contributed by atoms with van der Waals surface area (Å²) in [4.78, 5) is 30.9. The van der Waals surface area contributed by atoms with Gasteiger partial charge in [-0.05, 0) is 31.7 Å². The molecule has 136 valence electrons. The average molecular weight is 355 g/mol. The van der Waals surface area contributed by atoms with Crippen molar-refractivity contribution < 1.29 is 14.3 Å². The van der Waals surface area contributed by atoms with E-state index in [1.807, 2.05) is 0 Å². The number of H-pyrrole nitrogens is 1. The van der Waals surface area contributed by atoms with Gasteiger partial charge in [0.25, 0.3) is 11.8 Å². The van der Waals surface area contributed by atoms with Gasteiger partial charge in [0, 0.05) is 30.4 Å². The molecule has 2 N–H and O–H groups in total. The molecule has 2 aromatic heterocycles. The van der Waals surface area contributed by atoms with Gasteiger partial charge in [-0.1, -0.05) is 0 Å². The molecule has 0 saturated heterocycles. The maximum Gasteiger partial charge on any atom is 0.272 e. The summed E-state index contributed by atoms with van der Waals surface area (Å²) in [5.74, 6) is 0.255. The van der Waals surface area contributed by atoms with Crippen LogP contribution in [-0.2, 0) is 13.0 Å². The normalized spacial score (nSPS) is 16.6. The van der Waals surface area contributed by atoms with Crippen molar-refractivity contribution in [1.29, 1.82) is 0 Å². The maximum atomic E-state index is 12.7. The number of carbonyl (C=O) groups excluding carboxylic acids is 2. The predicted octanol–water partition coefficient (Wildman–Crippen LogP) is 1.29. The minimum absolute atomic E-state index is 0.0964. The molecule has 2 aliphatic rings. The standard InChI is InChI=1S/C18H21N5O3/c1-26-15-6-5-11(9-19-15)18(25)23-8-7-13-14(10-23)21-22-16(13)17(24)20-12-3-2-4-12/h5-6,9,12H,2-4,7-8,10H2,1H3,(H,20,24)(H,21,22). The summed E-state index contributed by atoms with van der Waals surface area (Å²) in [5.41, 5.74) is 2.71. The van der Waals surface area contributed by atoms with Crippen LogP contribution in [0, 0.1) is 0 Å². The molecule has 0 unspecified atom stereocenters. The van der Waals surface area contributed by atoms with Gasteiger partial charge in [0.05, 0.1) is 24.9 Å². The van der Waals surface area contributed by atoms with Crippen LogP contribution >= 0.6 is 0 Å². The van der Waals surface area contributed by atoms with E-state index in [0.717, 1.165) is 24.1 Å². The third-order valence-electron chi connectivity index (χ3n) is 5.07. The van der Waals surface area contributed by atoms with Gasteiger partial charge >= 0.3 is 0 Å². The molecule has 8 nitrogen and oxygen atoms in total. The van der Waals surface area contributed by atoms with E-state index in [1.54, 1.807) is 17.0 Å². The average Bonchev–Trinajstić information content (AvgIpc) is 3.07. The molecule has 4 rings (SSSR count). The molecule has 2 aromatic rings. The van der Waals surface area contributed by atoms with Crippen molar-refractivity contribution in [2.45, 2.75) is 38.3 Å². The van der Waals surface area contributed by atoms with Crippen molar-refractivity contribution in [3.05, 3.63) is 40.8 Å². The predicted molar refractivity (Wildman–Crippen MR) is 92.9 cm³/mol. The van der Waals surface area contributed by atoms with Crippen molar-refractivity contribution in [3.63, 3.8) is 0 Å². The molecule has 0 bridgehead atoms. The summed E-state index contributed by atoms with van der Waals surface area (Å²) in [6.45, 7) is 0.949. The number of hydrogen-bond donors (Lipinski definition) is 2. The van der Waals surface area contributed by atoms with E-state index in [9.17, 15) is 9.59 Å². The molecule has 8 heteroatoms. The second-order valence-corrected chi connectivity index (χ2v) is 6.70. The molecule has 0 spiro atoms. The summed E-state index contributed by atoms with van der Waals surface area (Å²) >= 11 is 0. The summed E-state index contributed by atoms with van der Waals surface area (Å²) in [6.07, 6.45) is 5.36. The zero-order valence-electron chi connectivity index (χ0n) is 14.6. The quantitative estimate of drug-likeness (QED) is 0.861. The highest BCUT2D eigenvalue weighted by molar-refractivity contribution is 5.95. The molecule has 2 amide bonds. The highest BCUT2D eigenvalue weighted by Crippen LogP contribution is 2.23. The Bertz CT molecular complexity index is 826. The second-order valence-electron chi connectivity index (χ2n) is 6.70. The lowest BCUT2D eigenvalue weighted by atomic mass is 9.93. The number of hydrogen-bond acceptors (Lipinski definition) is 5. The van der Waals surface area contributed by atoms with Crippen molar-refractivity contribution in [3.8, 4) is 5.88 Å². The van der Waals surface area contributed by atoms with Crippen molar-refractivity contribution >= 4 is 11.8 Å². The third kappa shape index (κ3) is 3.02. The van der Waals surface area contributed by atoms with Crippen LogP contribution in [0.15, 0.2) is 18.3 Å². The molecule has 1 saturated carbocycles. The first-order valence-electron chi connectivity index (χ1n) is 8.82. The number of rotatable bonds is 4. The van der Waals surface area contributed by atoms with Crippen molar-refractivity contribution in [2.24, 2.45) is 0 Å². The molecular formula is C18H21N5O3. The minimum atomic E-state index is -0.119. The van der Waals surface area contributed by atoms with E-state index < -0.39 is 0 Å². The van der Waals surface area contributed by atoms with E-state index in [-0.39, 0.29) is 17.9 Å². The minimum Gasteiger partial charge on any atom is -0.481 e. The lowest BCUT2D eigenvalue weighted by molar-refractivity contribution is 0.0732. The van der Waals surface area contributed by atoms with Crippen LogP contribution in [0.25, 0.3) is 0 Å². The molecule has 0 radical (unpaired) electrons. The highest BCUT2D eigenvalue weighted by Gasteiger charge is 2.29. The fraction of sp³-hybridized carbons (Fsp3) is 0.444. The van der Waals surface area contributed by atoms with E-state index in [1.165, 1.54) is 19.7 Å². The number of nitrogens with one attached hydrogen (secondary N) is 2. The van der Waals surface area contributed by atoms with Crippen LogP contribution < -0.4 is 10.1 Å². The van der Waals surface area contributed by atoms with Gasteiger partial charge < -0.3 is 15.0 Å². The Morgan fingerprint density at radius 2 is 2.19 bits per heavy atom. The Kier molecular flexibility index (Phi) is 4.32.